The minimum Gasteiger partial charge on any atom is -0.507 e. The third-order valence-corrected chi connectivity index (χ3v) is 4.75. The number of carbonyl (C=O) groups is 1. The van der Waals surface area contributed by atoms with Crippen LogP contribution in [0.1, 0.15) is 64.7 Å². The molecule has 1 rings (SSSR count). The molecule has 0 atom stereocenters. The summed E-state index contributed by atoms with van der Waals surface area (Å²) in [6, 6.07) is 3.88. The molecule has 7 heteroatoms. The predicted molar refractivity (Wildman–Crippen MR) is 112 cm³/mol. The van der Waals surface area contributed by atoms with E-state index >= 15 is 0 Å². The van der Waals surface area contributed by atoms with Crippen molar-refractivity contribution >= 4 is 5.97 Å². The van der Waals surface area contributed by atoms with E-state index in [1.165, 1.54) is 0 Å². The number of carboxylic acids is 1. The van der Waals surface area contributed by atoms with Crippen molar-refractivity contribution in [1.82, 2.24) is 0 Å². The lowest BCUT2D eigenvalue weighted by molar-refractivity contribution is -0.136. The Morgan fingerprint density at radius 1 is 0.793 bits per heavy atom. The van der Waals surface area contributed by atoms with Crippen molar-refractivity contribution in [3.8, 4) is 5.75 Å². The van der Waals surface area contributed by atoms with E-state index in [-0.39, 0.29) is 17.3 Å². The smallest absolute Gasteiger partial charge is 0.303 e. The number of aliphatic hydroxyl groups is 4. The highest BCUT2D eigenvalue weighted by Gasteiger charge is 2.27. The lowest BCUT2D eigenvalue weighted by Gasteiger charge is -2.28. The van der Waals surface area contributed by atoms with Crippen molar-refractivity contribution in [2.24, 2.45) is 5.41 Å². The number of aryl methyl sites for hydroxylation is 1. The predicted octanol–water partition coefficient (Wildman–Crippen LogP) is 1.95. The number of benzene rings is 1. The Balaban J connectivity index is 0.000000734. The van der Waals surface area contributed by atoms with E-state index < -0.39 is 37.8 Å². The first kappa shape index (κ1) is 27.3. The van der Waals surface area contributed by atoms with Gasteiger partial charge in [-0.1, -0.05) is 53.7 Å². The lowest BCUT2D eigenvalue weighted by Crippen LogP contribution is -2.37. The van der Waals surface area contributed by atoms with Crippen LogP contribution in [0, 0.1) is 5.41 Å². The Kier molecular flexibility index (Phi) is 10.3. The van der Waals surface area contributed by atoms with E-state index in [9.17, 15) is 9.90 Å². The molecule has 1 aromatic carbocycles. The van der Waals surface area contributed by atoms with Crippen molar-refractivity contribution in [1.29, 1.82) is 0 Å². The van der Waals surface area contributed by atoms with Gasteiger partial charge < -0.3 is 30.6 Å². The number of aliphatic carboxylic acids is 1. The second-order valence-corrected chi connectivity index (χ2v) is 9.57. The molecule has 29 heavy (non-hydrogen) atoms. The van der Waals surface area contributed by atoms with Crippen LogP contribution in [-0.2, 0) is 22.0 Å². The molecule has 7 nitrogen and oxygen atoms in total. The summed E-state index contributed by atoms with van der Waals surface area (Å²) in [5.74, 6) is -0.461. The summed E-state index contributed by atoms with van der Waals surface area (Å²) in [7, 11) is 0. The topological polar surface area (TPSA) is 138 Å². The summed E-state index contributed by atoms with van der Waals surface area (Å²) in [6.07, 6.45) is 0.597. The van der Waals surface area contributed by atoms with Gasteiger partial charge in [-0.2, -0.15) is 0 Å². The van der Waals surface area contributed by atoms with Crippen molar-refractivity contribution < 1.29 is 35.4 Å². The maximum Gasteiger partial charge on any atom is 0.303 e. The first-order valence-corrected chi connectivity index (χ1v) is 9.69. The van der Waals surface area contributed by atoms with Gasteiger partial charge >= 0.3 is 5.97 Å². The van der Waals surface area contributed by atoms with Crippen LogP contribution in [0.25, 0.3) is 0 Å². The number of rotatable bonds is 7. The van der Waals surface area contributed by atoms with Gasteiger partial charge in [0, 0.05) is 6.42 Å². The van der Waals surface area contributed by atoms with Gasteiger partial charge in [0.05, 0.1) is 31.8 Å². The fraction of sp³-hybridized carbons (Fsp3) is 0.682. The minimum absolute atomic E-state index is 0.109. The van der Waals surface area contributed by atoms with Crippen LogP contribution in [0.5, 0.6) is 5.75 Å². The van der Waals surface area contributed by atoms with E-state index in [1.807, 2.05) is 12.1 Å². The standard InChI is InChI=1S/C17H26O3.C5H12O4/c1-16(2,3)12-9-11(7-8-14(18)19)10-13(15(12)20)17(4,5)6;6-1-5(2-7,3-8)4-9/h9-10,20H,7-8H2,1-6H3,(H,18,19);6-9H,1-4H2. The molecule has 0 saturated carbocycles. The van der Waals surface area contributed by atoms with E-state index in [0.29, 0.717) is 12.2 Å². The summed E-state index contributed by atoms with van der Waals surface area (Å²) in [5, 5.41) is 53.4. The molecule has 0 aliphatic carbocycles. The number of carboxylic acid groups (broad SMARTS) is 1. The first-order valence-electron chi connectivity index (χ1n) is 9.69. The zero-order valence-corrected chi connectivity index (χ0v) is 18.5. The zero-order valence-electron chi connectivity index (χ0n) is 18.5. The molecular weight excluding hydrogens is 376 g/mol. The van der Waals surface area contributed by atoms with E-state index in [1.54, 1.807) is 0 Å². The van der Waals surface area contributed by atoms with Gasteiger partial charge in [-0.3, -0.25) is 4.79 Å². The van der Waals surface area contributed by atoms with E-state index in [2.05, 4.69) is 41.5 Å². The van der Waals surface area contributed by atoms with Crippen molar-refractivity contribution in [3.05, 3.63) is 28.8 Å². The summed E-state index contributed by atoms with van der Waals surface area (Å²) in [6.45, 7) is 10.7. The Bertz CT molecular complexity index is 598. The van der Waals surface area contributed by atoms with Crippen LogP contribution in [0.15, 0.2) is 12.1 Å². The fourth-order valence-electron chi connectivity index (χ4n) is 2.53. The average Bonchev–Trinajstić information content (AvgIpc) is 2.62. The van der Waals surface area contributed by atoms with Gasteiger partial charge in [0.2, 0.25) is 0 Å². The highest BCUT2D eigenvalue weighted by Crippen LogP contribution is 2.39. The Morgan fingerprint density at radius 3 is 1.34 bits per heavy atom. The monoisotopic (exact) mass is 414 g/mol. The van der Waals surface area contributed by atoms with E-state index in [0.717, 1.165) is 16.7 Å². The molecule has 0 aromatic heterocycles. The second-order valence-electron chi connectivity index (χ2n) is 9.57. The van der Waals surface area contributed by atoms with Gasteiger partial charge in [-0.15, -0.1) is 0 Å². The highest BCUT2D eigenvalue weighted by molar-refractivity contribution is 5.67. The number of aliphatic hydroxyl groups excluding tert-OH is 4. The molecule has 0 fully saturated rings. The molecular formula is C22H38O7. The molecule has 0 spiro atoms. The third kappa shape index (κ3) is 8.30. The van der Waals surface area contributed by atoms with Gasteiger partial charge in [0.15, 0.2) is 0 Å². The molecule has 6 N–H and O–H groups in total. The largest absolute Gasteiger partial charge is 0.507 e. The zero-order chi connectivity index (χ0) is 23.0. The summed E-state index contributed by atoms with van der Waals surface area (Å²) in [4.78, 5) is 10.8. The van der Waals surface area contributed by atoms with Crippen LogP contribution in [0.4, 0.5) is 0 Å². The third-order valence-electron chi connectivity index (χ3n) is 4.75. The number of hydrogen-bond donors (Lipinski definition) is 6. The van der Waals surface area contributed by atoms with Crippen LogP contribution in [-0.4, -0.2) is 63.0 Å². The molecule has 0 radical (unpaired) electrons. The Hall–Kier alpha value is -1.67. The Morgan fingerprint density at radius 2 is 1.14 bits per heavy atom. The molecule has 0 aliphatic rings. The number of phenolic OH excluding ortho intramolecular Hbond substituents is 1. The molecule has 0 bridgehead atoms. The number of phenols is 1. The van der Waals surface area contributed by atoms with Gasteiger partial charge in [-0.25, -0.2) is 0 Å². The van der Waals surface area contributed by atoms with Gasteiger partial charge in [-0.05, 0) is 33.9 Å². The van der Waals surface area contributed by atoms with Crippen LogP contribution < -0.4 is 0 Å². The molecule has 0 heterocycles. The quantitative estimate of drug-likeness (QED) is 0.401. The normalized spacial score (nSPS) is 12.3. The molecule has 0 aliphatic heterocycles. The molecule has 0 amide bonds. The molecule has 0 saturated heterocycles. The molecule has 1 aromatic rings. The highest BCUT2D eigenvalue weighted by atomic mass is 16.4. The summed E-state index contributed by atoms with van der Waals surface area (Å²) >= 11 is 0. The van der Waals surface area contributed by atoms with E-state index in [4.69, 9.17) is 25.5 Å². The second kappa shape index (κ2) is 10.9. The maximum atomic E-state index is 10.8. The van der Waals surface area contributed by atoms with Crippen LogP contribution in [0.2, 0.25) is 0 Å². The summed E-state index contributed by atoms with van der Waals surface area (Å²) < 4.78 is 0. The van der Waals surface area contributed by atoms with Crippen molar-refractivity contribution in [3.63, 3.8) is 0 Å². The van der Waals surface area contributed by atoms with Gasteiger partial charge in [0.25, 0.3) is 0 Å². The minimum atomic E-state index is -1.11. The Labute approximate surface area is 173 Å². The first-order chi connectivity index (χ1) is 13.2. The lowest BCUT2D eigenvalue weighted by atomic mass is 9.78. The average molecular weight is 415 g/mol. The fourth-order valence-corrected chi connectivity index (χ4v) is 2.53. The number of aromatic hydroxyl groups is 1. The number of hydrogen-bond acceptors (Lipinski definition) is 6. The van der Waals surface area contributed by atoms with Crippen molar-refractivity contribution in [2.45, 2.75) is 65.2 Å². The van der Waals surface area contributed by atoms with Gasteiger partial charge in [0.1, 0.15) is 5.75 Å². The SMILES string of the molecule is CC(C)(C)c1cc(CCC(=O)O)cc(C(C)(C)C)c1O.OCC(CO)(CO)CO. The van der Waals surface area contributed by atoms with Crippen LogP contribution in [0.3, 0.4) is 0 Å². The summed E-state index contributed by atoms with van der Waals surface area (Å²) in [5.41, 5.74) is 1.27. The van der Waals surface area contributed by atoms with Crippen LogP contribution >= 0.6 is 0 Å². The molecule has 0 unspecified atom stereocenters. The van der Waals surface area contributed by atoms with Crippen molar-refractivity contribution in [2.75, 3.05) is 26.4 Å². The maximum absolute atomic E-state index is 10.8. The molecule has 168 valence electrons.